The predicted molar refractivity (Wildman–Crippen MR) is 98.9 cm³/mol. The number of benzene rings is 1. The van der Waals surface area contributed by atoms with Crippen LogP contribution in [0.15, 0.2) is 23.9 Å². The predicted octanol–water partition coefficient (Wildman–Crippen LogP) is 2.04. The highest BCUT2D eigenvalue weighted by molar-refractivity contribution is 6.35. The number of hydrogen-bond acceptors (Lipinski definition) is 4. The number of carbonyl (C=O) groups excluding carboxylic acids is 2. The summed E-state index contributed by atoms with van der Waals surface area (Å²) in [7, 11) is 2.08. The highest BCUT2D eigenvalue weighted by Crippen LogP contribution is 2.34. The van der Waals surface area contributed by atoms with Crippen molar-refractivity contribution in [2.45, 2.75) is 33.7 Å². The lowest BCUT2D eigenvalue weighted by Gasteiger charge is -2.34. The zero-order valence-electron chi connectivity index (χ0n) is 15.8. The first-order chi connectivity index (χ1) is 11.8. The molecule has 25 heavy (non-hydrogen) atoms. The van der Waals surface area contributed by atoms with E-state index in [0.717, 1.165) is 42.9 Å². The molecule has 2 heterocycles. The van der Waals surface area contributed by atoms with Crippen molar-refractivity contribution in [3.63, 3.8) is 0 Å². The van der Waals surface area contributed by atoms with Gasteiger partial charge in [-0.3, -0.25) is 14.5 Å². The van der Waals surface area contributed by atoms with Crippen molar-refractivity contribution in [3.8, 4) is 0 Å². The van der Waals surface area contributed by atoms with Gasteiger partial charge in [-0.2, -0.15) is 0 Å². The van der Waals surface area contributed by atoms with Crippen LogP contribution < -0.4 is 0 Å². The van der Waals surface area contributed by atoms with Crippen molar-refractivity contribution < 1.29 is 9.59 Å². The van der Waals surface area contributed by atoms with Crippen LogP contribution in [0.5, 0.6) is 0 Å². The third-order valence-electron chi connectivity index (χ3n) is 5.08. The summed E-state index contributed by atoms with van der Waals surface area (Å²) >= 11 is 0. The minimum absolute atomic E-state index is 0.147. The van der Waals surface area contributed by atoms with Crippen LogP contribution in [0, 0.1) is 13.8 Å². The van der Waals surface area contributed by atoms with Crippen LogP contribution in [0.4, 0.5) is 0 Å². The third kappa shape index (κ3) is 3.09. The van der Waals surface area contributed by atoms with Crippen LogP contribution >= 0.6 is 0 Å². The molecule has 2 amide bonds. The fourth-order valence-corrected chi connectivity index (χ4v) is 3.66. The van der Waals surface area contributed by atoms with Gasteiger partial charge in [-0.15, -0.1) is 0 Å². The topological polar surface area (TPSA) is 43.9 Å². The highest BCUT2D eigenvalue weighted by Gasteiger charge is 2.43. The average Bonchev–Trinajstić information content (AvgIpc) is 2.79. The van der Waals surface area contributed by atoms with E-state index >= 15 is 0 Å². The molecule has 1 aromatic rings. The molecule has 5 heteroatoms. The summed E-state index contributed by atoms with van der Waals surface area (Å²) in [6, 6.07) is 5.91. The summed E-state index contributed by atoms with van der Waals surface area (Å²) in [6.07, 6.45) is 0. The largest absolute Gasteiger partial charge is 0.364 e. The smallest absolute Gasteiger partial charge is 0.278 e. The van der Waals surface area contributed by atoms with Gasteiger partial charge in [0.05, 0.1) is 5.57 Å². The highest BCUT2D eigenvalue weighted by atomic mass is 16.2. The van der Waals surface area contributed by atoms with Gasteiger partial charge < -0.3 is 9.80 Å². The second-order valence-corrected chi connectivity index (χ2v) is 7.41. The van der Waals surface area contributed by atoms with Crippen molar-refractivity contribution in [1.29, 1.82) is 0 Å². The molecule has 5 nitrogen and oxygen atoms in total. The summed E-state index contributed by atoms with van der Waals surface area (Å²) in [5.74, 6) is -0.319. The molecule has 0 aromatic heterocycles. The normalized spacial score (nSPS) is 19.6. The number of hydrogen-bond donors (Lipinski definition) is 0. The zero-order chi connectivity index (χ0) is 18.3. The molecule has 0 unspecified atom stereocenters. The van der Waals surface area contributed by atoms with Crippen molar-refractivity contribution in [2.24, 2.45) is 0 Å². The fraction of sp³-hybridized carbons (Fsp3) is 0.500. The lowest BCUT2D eigenvalue weighted by molar-refractivity contribution is -0.139. The fourth-order valence-electron chi connectivity index (χ4n) is 3.66. The van der Waals surface area contributed by atoms with Crippen LogP contribution in [0.2, 0.25) is 0 Å². The van der Waals surface area contributed by atoms with Crippen molar-refractivity contribution in [1.82, 2.24) is 14.7 Å². The Labute approximate surface area is 149 Å². The number of rotatable bonds is 3. The molecule has 0 bridgehead atoms. The molecule has 3 rings (SSSR count). The molecule has 0 radical (unpaired) electrons. The Morgan fingerprint density at radius 3 is 2.16 bits per heavy atom. The lowest BCUT2D eigenvalue weighted by atomic mass is 9.97. The van der Waals surface area contributed by atoms with Gasteiger partial charge in [-0.05, 0) is 45.9 Å². The lowest BCUT2D eigenvalue weighted by Crippen LogP contribution is -2.46. The molecule has 1 fully saturated rings. The Balaban J connectivity index is 2.12. The Bertz CT molecular complexity index is 743. The van der Waals surface area contributed by atoms with Gasteiger partial charge >= 0.3 is 0 Å². The number of nitrogens with zero attached hydrogens (tertiary/aromatic N) is 3. The second-order valence-electron chi connectivity index (χ2n) is 7.41. The van der Waals surface area contributed by atoms with Gasteiger partial charge in [0, 0.05) is 32.2 Å². The molecule has 0 spiro atoms. The van der Waals surface area contributed by atoms with Crippen LogP contribution in [0.3, 0.4) is 0 Å². The van der Waals surface area contributed by atoms with Crippen molar-refractivity contribution >= 4 is 17.4 Å². The maximum absolute atomic E-state index is 13.1. The summed E-state index contributed by atoms with van der Waals surface area (Å²) in [4.78, 5) is 32.0. The van der Waals surface area contributed by atoms with Gasteiger partial charge in [0.1, 0.15) is 5.70 Å². The molecule has 2 aliphatic rings. The van der Waals surface area contributed by atoms with E-state index < -0.39 is 0 Å². The monoisotopic (exact) mass is 341 g/mol. The number of carbonyl (C=O) groups is 2. The first-order valence-corrected chi connectivity index (χ1v) is 8.94. The van der Waals surface area contributed by atoms with E-state index in [1.807, 2.05) is 39.8 Å². The molecule has 2 aliphatic heterocycles. The first kappa shape index (κ1) is 17.7. The minimum Gasteiger partial charge on any atom is -0.364 e. The van der Waals surface area contributed by atoms with E-state index in [1.54, 1.807) is 0 Å². The number of amides is 2. The van der Waals surface area contributed by atoms with Gasteiger partial charge in [0.15, 0.2) is 0 Å². The van der Waals surface area contributed by atoms with Crippen LogP contribution in [0.25, 0.3) is 5.57 Å². The number of piperazine rings is 1. The Kier molecular flexibility index (Phi) is 4.69. The second kappa shape index (κ2) is 6.64. The molecule has 0 aliphatic carbocycles. The minimum atomic E-state index is -0.166. The zero-order valence-corrected chi connectivity index (χ0v) is 15.8. The van der Waals surface area contributed by atoms with E-state index in [0.29, 0.717) is 11.3 Å². The van der Waals surface area contributed by atoms with E-state index in [2.05, 4.69) is 22.9 Å². The summed E-state index contributed by atoms with van der Waals surface area (Å²) in [5, 5.41) is 0. The van der Waals surface area contributed by atoms with E-state index in [4.69, 9.17) is 0 Å². The Hall–Kier alpha value is -2.14. The summed E-state index contributed by atoms with van der Waals surface area (Å²) in [6.45, 7) is 11.2. The van der Waals surface area contributed by atoms with Crippen LogP contribution in [-0.2, 0) is 9.59 Å². The first-order valence-electron chi connectivity index (χ1n) is 8.94. The number of imide groups is 1. The van der Waals surface area contributed by atoms with Crippen LogP contribution in [0.1, 0.15) is 30.5 Å². The van der Waals surface area contributed by atoms with Gasteiger partial charge in [-0.25, -0.2) is 0 Å². The van der Waals surface area contributed by atoms with E-state index in [9.17, 15) is 9.59 Å². The van der Waals surface area contributed by atoms with Gasteiger partial charge in [-0.1, -0.05) is 23.8 Å². The Morgan fingerprint density at radius 2 is 1.60 bits per heavy atom. The van der Waals surface area contributed by atoms with Crippen molar-refractivity contribution in [3.05, 3.63) is 40.6 Å². The molecule has 1 aromatic carbocycles. The van der Waals surface area contributed by atoms with Crippen LogP contribution in [-0.4, -0.2) is 65.8 Å². The third-order valence-corrected chi connectivity index (χ3v) is 5.08. The summed E-state index contributed by atoms with van der Waals surface area (Å²) < 4.78 is 0. The SMILES string of the molecule is Cc1ccc(C2=C(N3CCN(C)CC3)C(=O)N(C(C)C)C2=O)c(C)c1. The maximum atomic E-state index is 13.1. The molecular formula is C20H27N3O2. The molecule has 0 atom stereocenters. The number of aryl methyl sites for hydroxylation is 2. The summed E-state index contributed by atoms with van der Waals surface area (Å²) in [5.41, 5.74) is 4.22. The van der Waals surface area contributed by atoms with Gasteiger partial charge in [0.2, 0.25) is 0 Å². The molecule has 0 N–H and O–H groups in total. The van der Waals surface area contributed by atoms with Gasteiger partial charge in [0.25, 0.3) is 11.8 Å². The number of likely N-dealkylation sites (N-methyl/N-ethyl adjacent to an activating group) is 1. The van der Waals surface area contributed by atoms with Crippen molar-refractivity contribution in [2.75, 3.05) is 33.2 Å². The van der Waals surface area contributed by atoms with E-state index in [1.165, 1.54) is 4.90 Å². The molecule has 1 saturated heterocycles. The Morgan fingerprint density at radius 1 is 0.960 bits per heavy atom. The van der Waals surface area contributed by atoms with E-state index in [-0.39, 0.29) is 17.9 Å². The molecular weight excluding hydrogens is 314 g/mol. The standard InChI is InChI=1S/C20H27N3O2/c1-13(2)23-19(24)17(16-7-6-14(3)12-15(16)4)18(20(23)25)22-10-8-21(5)9-11-22/h6-7,12-13H,8-11H2,1-5H3. The molecule has 134 valence electrons. The molecule has 0 saturated carbocycles. The maximum Gasteiger partial charge on any atom is 0.278 e. The quantitative estimate of drug-likeness (QED) is 0.789. The average molecular weight is 341 g/mol.